The number of rotatable bonds is 6. The van der Waals surface area contributed by atoms with Crippen molar-refractivity contribution in [2.75, 3.05) is 16.8 Å². The van der Waals surface area contributed by atoms with E-state index in [2.05, 4.69) is 166 Å². The van der Waals surface area contributed by atoms with Crippen molar-refractivity contribution in [2.45, 2.75) is 12.2 Å². The summed E-state index contributed by atoms with van der Waals surface area (Å²) in [6.45, 7) is 0.826. The summed E-state index contributed by atoms with van der Waals surface area (Å²) in [5, 5.41) is 13.2. The van der Waals surface area contributed by atoms with E-state index in [1.54, 1.807) is 0 Å². The van der Waals surface area contributed by atoms with Crippen LogP contribution < -0.4 is 26.2 Å². The molecule has 0 amide bonds. The molecule has 0 saturated carbocycles. The molecular weight excluding hydrogens is 490 g/mol. The van der Waals surface area contributed by atoms with Crippen LogP contribution in [0.4, 0.5) is 28.4 Å². The molecule has 0 saturated heterocycles. The highest BCUT2D eigenvalue weighted by atomic mass is 15.2. The molecule has 5 aromatic rings. The van der Waals surface area contributed by atoms with Gasteiger partial charge in [-0.25, -0.2) is 0 Å². The molecule has 2 aliphatic rings. The van der Waals surface area contributed by atoms with Gasteiger partial charge in [0.1, 0.15) is 5.69 Å². The Labute approximate surface area is 235 Å². The summed E-state index contributed by atoms with van der Waals surface area (Å²) in [7, 11) is 0. The van der Waals surface area contributed by atoms with E-state index in [0.717, 1.165) is 34.9 Å². The van der Waals surface area contributed by atoms with E-state index in [-0.39, 0.29) is 12.2 Å². The normalized spacial score (nSPS) is 17.6. The first kappa shape index (κ1) is 24.1. The lowest BCUT2D eigenvalue weighted by molar-refractivity contribution is -0.602. The highest BCUT2D eigenvalue weighted by Crippen LogP contribution is 2.35. The molecule has 5 aromatic carbocycles. The van der Waals surface area contributed by atoms with Crippen molar-refractivity contribution in [3.63, 3.8) is 0 Å². The highest BCUT2D eigenvalue weighted by Gasteiger charge is 2.26. The lowest BCUT2D eigenvalue weighted by Gasteiger charge is -2.28. The van der Waals surface area contributed by atoms with Gasteiger partial charge >= 0.3 is 0 Å². The molecule has 40 heavy (non-hydrogen) atoms. The summed E-state index contributed by atoms with van der Waals surface area (Å²) in [6.07, 6.45) is 2.32. The lowest BCUT2D eigenvalue weighted by Crippen LogP contribution is -2.78. The third-order valence-electron chi connectivity index (χ3n) is 7.71. The van der Waals surface area contributed by atoms with Crippen LogP contribution in [0.25, 0.3) is 5.70 Å². The Morgan fingerprint density at radius 2 is 1.20 bits per heavy atom. The maximum atomic E-state index is 3.64. The number of hydrogen-bond donors (Lipinski definition) is 4. The molecule has 0 fully saturated rings. The van der Waals surface area contributed by atoms with Crippen molar-refractivity contribution in [3.05, 3.63) is 156 Å². The zero-order valence-electron chi connectivity index (χ0n) is 22.2. The smallest absolute Gasteiger partial charge is 0.190 e. The summed E-state index contributed by atoms with van der Waals surface area (Å²) in [6, 6.07) is 47.4. The average Bonchev–Trinajstić information content (AvgIpc) is 3.48. The van der Waals surface area contributed by atoms with Crippen LogP contribution in [0, 0.1) is 0 Å². The van der Waals surface area contributed by atoms with Gasteiger partial charge in [0, 0.05) is 41.4 Å². The van der Waals surface area contributed by atoms with Gasteiger partial charge in [0.2, 0.25) is 0 Å². The van der Waals surface area contributed by atoms with E-state index < -0.39 is 0 Å². The highest BCUT2D eigenvalue weighted by molar-refractivity contribution is 5.77. The minimum Gasteiger partial charge on any atom is -0.381 e. The topological polar surface area (TPSA) is 55.9 Å². The first-order chi connectivity index (χ1) is 19.8. The molecular formula is C35H32N5+. The summed E-state index contributed by atoms with van der Waals surface area (Å²) >= 11 is 0. The molecule has 0 aliphatic carbocycles. The Hall–Kier alpha value is -5.00. The molecule has 2 atom stereocenters. The van der Waals surface area contributed by atoms with Gasteiger partial charge in [0.15, 0.2) is 11.9 Å². The van der Waals surface area contributed by atoms with Crippen LogP contribution in [-0.4, -0.2) is 6.54 Å². The zero-order chi connectivity index (χ0) is 26.7. The number of anilines is 4. The molecule has 5 nitrogen and oxygen atoms in total. The predicted molar refractivity (Wildman–Crippen MR) is 164 cm³/mol. The van der Waals surface area contributed by atoms with E-state index in [4.69, 9.17) is 0 Å². The summed E-state index contributed by atoms with van der Waals surface area (Å²) < 4.78 is 0. The van der Waals surface area contributed by atoms with Gasteiger partial charge in [-0.3, -0.25) is 5.32 Å². The number of quaternary nitrogens is 1. The van der Waals surface area contributed by atoms with E-state index in [9.17, 15) is 0 Å². The average molecular weight is 523 g/mol. The second-order valence-electron chi connectivity index (χ2n) is 10.3. The van der Waals surface area contributed by atoms with Gasteiger partial charge < -0.3 is 20.9 Å². The lowest BCUT2D eigenvalue weighted by atomic mass is 10.0. The quantitative estimate of drug-likeness (QED) is 0.187. The predicted octanol–water partition coefficient (Wildman–Crippen LogP) is 6.71. The van der Waals surface area contributed by atoms with E-state index in [1.165, 1.54) is 22.5 Å². The maximum Gasteiger partial charge on any atom is 0.190 e. The molecule has 0 spiro atoms. The molecule has 5 N–H and O–H groups in total. The largest absolute Gasteiger partial charge is 0.381 e. The third-order valence-corrected chi connectivity index (χ3v) is 7.71. The summed E-state index contributed by atoms with van der Waals surface area (Å²) in [5.74, 6) is 0. The number of nitrogens with two attached hydrogens (primary N) is 1. The first-order valence-corrected chi connectivity index (χ1v) is 13.8. The molecule has 7 rings (SSSR count). The van der Waals surface area contributed by atoms with Crippen molar-refractivity contribution >= 4 is 34.1 Å². The number of fused-ring (bicyclic) bond motifs is 1. The fourth-order valence-electron chi connectivity index (χ4n) is 5.57. The Morgan fingerprint density at radius 1 is 0.600 bits per heavy atom. The van der Waals surface area contributed by atoms with Crippen molar-refractivity contribution < 1.29 is 5.32 Å². The first-order valence-electron chi connectivity index (χ1n) is 13.8. The Kier molecular flexibility index (Phi) is 6.40. The second kappa shape index (κ2) is 10.6. The molecule has 5 heteroatoms. The van der Waals surface area contributed by atoms with Crippen LogP contribution in [-0.2, 0) is 0 Å². The van der Waals surface area contributed by atoms with Crippen molar-refractivity contribution in [2.24, 2.45) is 0 Å². The molecule has 0 bridgehead atoms. The van der Waals surface area contributed by atoms with E-state index in [1.807, 2.05) is 0 Å². The number of hydrogen-bond acceptors (Lipinski definition) is 4. The Balaban J connectivity index is 1.04. The van der Waals surface area contributed by atoms with Gasteiger partial charge in [-0.05, 0) is 53.6 Å². The summed E-state index contributed by atoms with van der Waals surface area (Å²) in [5.41, 5.74) is 10.7. The van der Waals surface area contributed by atoms with Crippen molar-refractivity contribution in [1.29, 1.82) is 0 Å². The molecule has 2 heterocycles. The van der Waals surface area contributed by atoms with Gasteiger partial charge in [-0.2, -0.15) is 0 Å². The number of benzene rings is 5. The minimum absolute atomic E-state index is 0.220. The number of para-hydroxylation sites is 4. The standard InChI is InChI=1S/C35H31N5/c1-3-9-28(10-4-1)40(29-11-5-2-6-12-29)30-21-19-26(20-22-30)34-24-36-33(23-37-34)25-15-17-27(18-16-25)35-38-31-13-7-8-14-32(31)39-35/h1-22,24,33,35-39H,23H2/p+1. The van der Waals surface area contributed by atoms with Crippen LogP contribution in [0.15, 0.2) is 140 Å². The van der Waals surface area contributed by atoms with Crippen LogP contribution in [0.5, 0.6) is 0 Å². The Morgan fingerprint density at radius 3 is 1.82 bits per heavy atom. The van der Waals surface area contributed by atoms with E-state index in [0.29, 0.717) is 0 Å². The van der Waals surface area contributed by atoms with Gasteiger partial charge in [-0.1, -0.05) is 84.9 Å². The number of nitrogens with zero attached hydrogens (tertiary/aromatic N) is 1. The molecule has 196 valence electrons. The SMILES string of the molecule is C1=C(c2ccc(N(c3ccccc3)c3ccccc3)cc2)NCC(c2ccc(C3Nc4ccccc4[NH2+]3)cc2)N1. The van der Waals surface area contributed by atoms with E-state index >= 15 is 0 Å². The zero-order valence-corrected chi connectivity index (χ0v) is 22.2. The molecule has 0 radical (unpaired) electrons. The van der Waals surface area contributed by atoms with Crippen LogP contribution in [0.3, 0.4) is 0 Å². The maximum absolute atomic E-state index is 3.64. The monoisotopic (exact) mass is 522 g/mol. The van der Waals surface area contributed by atoms with Gasteiger partial charge in [0.25, 0.3) is 0 Å². The summed E-state index contributed by atoms with van der Waals surface area (Å²) in [4.78, 5) is 2.28. The van der Waals surface area contributed by atoms with Gasteiger partial charge in [-0.15, -0.1) is 0 Å². The third kappa shape index (κ3) is 4.79. The molecule has 2 unspecified atom stereocenters. The van der Waals surface area contributed by atoms with Crippen LogP contribution in [0.1, 0.15) is 28.9 Å². The minimum atomic E-state index is 0.220. The van der Waals surface area contributed by atoms with Crippen molar-refractivity contribution in [3.8, 4) is 0 Å². The van der Waals surface area contributed by atoms with Gasteiger partial charge in [0.05, 0.1) is 11.7 Å². The fourth-order valence-corrected chi connectivity index (χ4v) is 5.57. The van der Waals surface area contributed by atoms with Crippen LogP contribution >= 0.6 is 0 Å². The Bertz CT molecular complexity index is 1550. The van der Waals surface area contributed by atoms with Crippen LogP contribution in [0.2, 0.25) is 0 Å². The number of nitrogens with one attached hydrogen (secondary N) is 3. The molecule has 0 aromatic heterocycles. The fraction of sp³-hybridized carbons (Fsp3) is 0.0857. The van der Waals surface area contributed by atoms with Crippen molar-refractivity contribution in [1.82, 2.24) is 10.6 Å². The second-order valence-corrected chi connectivity index (χ2v) is 10.3. The molecule has 2 aliphatic heterocycles.